The molecule has 32 heavy (non-hydrogen) atoms. The van der Waals surface area contributed by atoms with Crippen LogP contribution in [0.5, 0.6) is 5.75 Å². The summed E-state index contributed by atoms with van der Waals surface area (Å²) in [6.07, 6.45) is 4.21. The molecule has 0 spiro atoms. The second kappa shape index (κ2) is 8.23. The fourth-order valence-corrected chi connectivity index (χ4v) is 4.21. The molecule has 4 heterocycles. The third-order valence-corrected chi connectivity index (χ3v) is 6.01. The lowest BCUT2D eigenvalue weighted by Crippen LogP contribution is -2.58. The Morgan fingerprint density at radius 1 is 1.09 bits per heavy atom. The number of aromatic nitrogens is 2. The summed E-state index contributed by atoms with van der Waals surface area (Å²) < 4.78 is 47.1. The number of halogens is 3. The molecule has 3 aromatic rings. The van der Waals surface area contributed by atoms with Gasteiger partial charge in [0.2, 0.25) is 0 Å². The minimum Gasteiger partial charge on any atom is -0.483 e. The molecule has 2 amide bonds. The van der Waals surface area contributed by atoms with Gasteiger partial charge in [0, 0.05) is 31.0 Å². The third kappa shape index (κ3) is 3.91. The highest BCUT2D eigenvalue weighted by Gasteiger charge is 2.39. The summed E-state index contributed by atoms with van der Waals surface area (Å²) in [4.78, 5) is 23.2. The third-order valence-electron chi connectivity index (χ3n) is 5.21. The van der Waals surface area contributed by atoms with Gasteiger partial charge in [-0.05, 0) is 17.7 Å². The van der Waals surface area contributed by atoms with E-state index in [-0.39, 0.29) is 18.8 Å². The molecule has 2 aliphatic rings. The normalized spacial score (nSPS) is 18.2. The highest BCUT2D eigenvalue weighted by Crippen LogP contribution is 2.32. The predicted octanol–water partition coefficient (Wildman–Crippen LogP) is 4.24. The van der Waals surface area contributed by atoms with Crippen molar-refractivity contribution in [3.05, 3.63) is 65.2 Å². The number of benzene rings is 1. The summed E-state index contributed by atoms with van der Waals surface area (Å²) in [5.41, 5.74) is 2.53. The van der Waals surface area contributed by atoms with E-state index in [9.17, 15) is 18.0 Å². The molecule has 1 atom stereocenters. The summed E-state index contributed by atoms with van der Waals surface area (Å²) in [5, 5.41) is 5.28. The molecule has 2 aliphatic heterocycles. The molecule has 7 nitrogen and oxygen atoms in total. The van der Waals surface area contributed by atoms with Gasteiger partial charge in [-0.25, -0.2) is 23.0 Å². The summed E-state index contributed by atoms with van der Waals surface area (Å²) in [5.74, 6) is -1.98. The Morgan fingerprint density at radius 3 is 2.59 bits per heavy atom. The average molecular weight is 459 g/mol. The second-order valence-corrected chi connectivity index (χ2v) is 8.28. The zero-order valence-corrected chi connectivity index (χ0v) is 17.3. The van der Waals surface area contributed by atoms with Crippen LogP contribution in [0.2, 0.25) is 0 Å². The van der Waals surface area contributed by atoms with Crippen molar-refractivity contribution in [2.24, 2.45) is 5.10 Å². The smallest absolute Gasteiger partial charge is 0.341 e. The van der Waals surface area contributed by atoms with Gasteiger partial charge in [-0.1, -0.05) is 0 Å². The van der Waals surface area contributed by atoms with Crippen molar-refractivity contribution in [1.82, 2.24) is 19.9 Å². The molecule has 1 fully saturated rings. The van der Waals surface area contributed by atoms with Crippen molar-refractivity contribution < 1.29 is 22.7 Å². The van der Waals surface area contributed by atoms with E-state index in [0.717, 1.165) is 17.1 Å². The number of nitrogens with zero attached hydrogens (tertiary/aromatic N) is 5. The maximum Gasteiger partial charge on any atom is 0.341 e. The van der Waals surface area contributed by atoms with Crippen molar-refractivity contribution in [3.8, 4) is 16.3 Å². The van der Waals surface area contributed by atoms with E-state index in [1.807, 2.05) is 0 Å². The SMILES string of the molecule is O=C(N1CC(Oc2cc(-c3cncs3)ncc2F)C1)N1N=CCC1c1cc(F)cc(F)c1. The van der Waals surface area contributed by atoms with E-state index in [0.29, 0.717) is 17.7 Å². The van der Waals surface area contributed by atoms with Crippen LogP contribution in [0.1, 0.15) is 18.0 Å². The number of carbonyl (C=O) groups excluding carboxylic acids is 1. The number of hydrogen-bond acceptors (Lipinski definition) is 6. The lowest BCUT2D eigenvalue weighted by atomic mass is 10.0. The van der Waals surface area contributed by atoms with Gasteiger partial charge in [-0.3, -0.25) is 9.97 Å². The van der Waals surface area contributed by atoms with Crippen LogP contribution in [0, 0.1) is 17.5 Å². The molecule has 11 heteroatoms. The minimum atomic E-state index is -0.714. The zero-order chi connectivity index (χ0) is 22.2. The van der Waals surface area contributed by atoms with E-state index < -0.39 is 35.6 Å². The quantitative estimate of drug-likeness (QED) is 0.585. The average Bonchev–Trinajstić information content (AvgIpc) is 3.42. The topological polar surface area (TPSA) is 70.9 Å². The number of likely N-dealkylation sites (tertiary alicyclic amines) is 1. The molecule has 0 aliphatic carbocycles. The molecule has 0 bridgehead atoms. The monoisotopic (exact) mass is 459 g/mol. The van der Waals surface area contributed by atoms with Crippen molar-refractivity contribution >= 4 is 23.6 Å². The van der Waals surface area contributed by atoms with Crippen LogP contribution >= 0.6 is 11.3 Å². The molecule has 1 unspecified atom stereocenters. The lowest BCUT2D eigenvalue weighted by Gasteiger charge is -2.41. The molecule has 0 radical (unpaired) electrons. The van der Waals surface area contributed by atoms with Gasteiger partial charge in [-0.15, -0.1) is 11.3 Å². The van der Waals surface area contributed by atoms with E-state index in [1.165, 1.54) is 45.7 Å². The Labute approximate surface area is 184 Å². The van der Waals surface area contributed by atoms with Gasteiger partial charge in [0.1, 0.15) is 17.7 Å². The Hall–Kier alpha value is -3.47. The fourth-order valence-electron chi connectivity index (χ4n) is 3.62. The standard InChI is InChI=1S/C21H16F3N5O2S/c22-13-3-12(4-14(23)5-13)18-1-2-27-29(18)21(30)28-9-15(10-28)31-19-6-17(26-7-16(19)24)20-8-25-11-32-20/h2-8,11,15,18H,1,9-10H2. The number of ether oxygens (including phenoxy) is 1. The number of pyridine rings is 1. The second-order valence-electron chi connectivity index (χ2n) is 7.39. The van der Waals surface area contributed by atoms with Crippen LogP contribution in [0.3, 0.4) is 0 Å². The fraction of sp³-hybridized carbons (Fsp3) is 0.238. The van der Waals surface area contributed by atoms with Crippen LogP contribution in [0.4, 0.5) is 18.0 Å². The first-order valence-electron chi connectivity index (χ1n) is 9.75. The number of urea groups is 1. The van der Waals surface area contributed by atoms with E-state index in [2.05, 4.69) is 15.1 Å². The Balaban J connectivity index is 1.23. The van der Waals surface area contributed by atoms with Crippen LogP contribution < -0.4 is 4.74 Å². The summed E-state index contributed by atoms with van der Waals surface area (Å²) >= 11 is 1.38. The van der Waals surface area contributed by atoms with Gasteiger partial charge in [0.15, 0.2) is 11.6 Å². The largest absolute Gasteiger partial charge is 0.483 e. The Bertz CT molecular complexity index is 1160. The molecule has 0 saturated carbocycles. The van der Waals surface area contributed by atoms with Crippen LogP contribution in [0.25, 0.3) is 10.6 Å². The summed E-state index contributed by atoms with van der Waals surface area (Å²) in [7, 11) is 0. The van der Waals surface area contributed by atoms with Gasteiger partial charge in [0.25, 0.3) is 0 Å². The van der Waals surface area contributed by atoms with Crippen molar-refractivity contribution in [2.45, 2.75) is 18.6 Å². The maximum atomic E-state index is 14.2. The van der Waals surface area contributed by atoms with E-state index in [1.54, 1.807) is 11.7 Å². The molecule has 2 aromatic heterocycles. The number of carbonyl (C=O) groups is 1. The van der Waals surface area contributed by atoms with Gasteiger partial charge in [-0.2, -0.15) is 5.10 Å². The number of amides is 2. The lowest BCUT2D eigenvalue weighted by molar-refractivity contribution is 0.0256. The minimum absolute atomic E-state index is 0.0489. The van der Waals surface area contributed by atoms with E-state index in [4.69, 9.17) is 4.74 Å². The highest BCUT2D eigenvalue weighted by molar-refractivity contribution is 7.13. The number of rotatable bonds is 4. The summed E-state index contributed by atoms with van der Waals surface area (Å²) in [6, 6.07) is 3.67. The molecule has 1 aromatic carbocycles. The molecule has 5 rings (SSSR count). The first-order valence-corrected chi connectivity index (χ1v) is 10.6. The highest BCUT2D eigenvalue weighted by atomic mass is 32.1. The van der Waals surface area contributed by atoms with Gasteiger partial charge < -0.3 is 9.64 Å². The van der Waals surface area contributed by atoms with Gasteiger partial charge in [0.05, 0.1) is 41.4 Å². The summed E-state index contributed by atoms with van der Waals surface area (Å²) in [6.45, 7) is 0.458. The predicted molar refractivity (Wildman–Crippen MR) is 111 cm³/mol. The molecular formula is C21H16F3N5O2S. The van der Waals surface area contributed by atoms with Crippen molar-refractivity contribution in [3.63, 3.8) is 0 Å². The molecular weight excluding hydrogens is 443 g/mol. The van der Waals surface area contributed by atoms with Crippen LogP contribution in [0.15, 0.2) is 47.3 Å². The first-order chi connectivity index (χ1) is 15.5. The van der Waals surface area contributed by atoms with Crippen LogP contribution in [-0.2, 0) is 0 Å². The molecule has 1 saturated heterocycles. The van der Waals surface area contributed by atoms with E-state index >= 15 is 0 Å². The number of thiazole rings is 1. The Morgan fingerprint density at radius 2 is 1.88 bits per heavy atom. The Kier molecular flexibility index (Phi) is 5.25. The van der Waals surface area contributed by atoms with Crippen LogP contribution in [-0.4, -0.2) is 51.3 Å². The number of hydrogen-bond donors (Lipinski definition) is 0. The van der Waals surface area contributed by atoms with Crippen molar-refractivity contribution in [1.29, 1.82) is 0 Å². The molecule has 164 valence electrons. The maximum absolute atomic E-state index is 14.2. The number of hydrazone groups is 1. The molecule has 0 N–H and O–H groups in total. The van der Waals surface area contributed by atoms with Gasteiger partial charge >= 0.3 is 6.03 Å². The first kappa shape index (κ1) is 20.4. The van der Waals surface area contributed by atoms with Crippen molar-refractivity contribution in [2.75, 3.05) is 13.1 Å². The zero-order valence-electron chi connectivity index (χ0n) is 16.5.